The Kier molecular flexibility index (Phi) is 7.82. The number of fused-ring (bicyclic) bond motifs is 15. The first kappa shape index (κ1) is 38.4. The molecule has 5 heterocycles. The van der Waals surface area contributed by atoms with E-state index in [4.69, 9.17) is 0 Å². The Morgan fingerprint density at radius 3 is 0.732 bits per heavy atom. The minimum atomic E-state index is 1.11. The fraction of sp³-hybridized carbons (Fsp3) is 0. The molecule has 5 nitrogen and oxygen atoms in total. The van der Waals surface area contributed by atoms with Gasteiger partial charge in [-0.2, -0.15) is 0 Å². The van der Waals surface area contributed by atoms with Crippen LogP contribution in [0.15, 0.2) is 249 Å². The van der Waals surface area contributed by atoms with Gasteiger partial charge in [-0.05, 0) is 109 Å². The Bertz CT molecular complexity index is 4830. The summed E-state index contributed by atoms with van der Waals surface area (Å²) < 4.78 is 12.2. The largest absolute Gasteiger partial charge is 0.309 e. The maximum absolute atomic E-state index is 2.47. The van der Waals surface area contributed by atoms with E-state index in [9.17, 15) is 0 Å². The number of nitrogens with zero attached hydrogens (tertiary/aromatic N) is 5. The van der Waals surface area contributed by atoms with E-state index < -0.39 is 0 Å². The second-order valence-corrected chi connectivity index (χ2v) is 18.9. The topological polar surface area (TPSA) is 24.6 Å². The van der Waals surface area contributed by atoms with Gasteiger partial charge in [0, 0.05) is 82.3 Å². The highest BCUT2D eigenvalue weighted by molar-refractivity contribution is 6.21. The standard InChI is InChI=1S/C66H41N5/c1-2-18-42(19-3-1)67-59-32-12-6-26-49(59)53-38-54-50-27-7-13-33-60(50)71(66(54)41-65(53)67)46-23-17-22-45(37-46)70-62-35-15-9-29-52(62)56-39-63-55(40-64(56)70)51-28-8-14-34-61(51)69(63)44-21-16-20-43(36-44)68-57-30-10-4-24-47(57)48-25-5-11-31-58(48)68/h1-41H. The van der Waals surface area contributed by atoms with Gasteiger partial charge in [0.15, 0.2) is 0 Å². The Morgan fingerprint density at radius 1 is 0.141 bits per heavy atom. The summed E-state index contributed by atoms with van der Waals surface area (Å²) in [5, 5.41) is 12.4. The molecule has 16 rings (SSSR count). The first-order chi connectivity index (χ1) is 35.2. The summed E-state index contributed by atoms with van der Waals surface area (Å²) in [4.78, 5) is 0. The van der Waals surface area contributed by atoms with Crippen LogP contribution in [-0.4, -0.2) is 22.8 Å². The molecule has 11 aromatic carbocycles. The van der Waals surface area contributed by atoms with E-state index in [2.05, 4.69) is 272 Å². The lowest BCUT2D eigenvalue weighted by molar-refractivity contribution is 1.13. The zero-order valence-electron chi connectivity index (χ0n) is 38.4. The maximum atomic E-state index is 2.47. The Balaban J connectivity index is 0.916. The minimum Gasteiger partial charge on any atom is -0.309 e. The van der Waals surface area contributed by atoms with Crippen molar-refractivity contribution in [3.63, 3.8) is 0 Å². The predicted molar refractivity (Wildman–Crippen MR) is 298 cm³/mol. The number of rotatable bonds is 5. The van der Waals surface area contributed by atoms with Crippen molar-refractivity contribution in [3.05, 3.63) is 249 Å². The van der Waals surface area contributed by atoms with Crippen LogP contribution in [0.25, 0.3) is 137 Å². The van der Waals surface area contributed by atoms with Crippen LogP contribution in [0, 0.1) is 0 Å². The zero-order valence-corrected chi connectivity index (χ0v) is 38.4. The highest BCUT2D eigenvalue weighted by Gasteiger charge is 2.22. The molecule has 0 spiro atoms. The summed E-state index contributed by atoms with van der Waals surface area (Å²) in [7, 11) is 0. The van der Waals surface area contributed by atoms with Gasteiger partial charge >= 0.3 is 0 Å². The summed E-state index contributed by atoms with van der Waals surface area (Å²) in [5.74, 6) is 0. The third kappa shape index (κ3) is 5.34. The van der Waals surface area contributed by atoms with E-state index in [1.165, 1.54) is 109 Å². The molecule has 0 fully saturated rings. The monoisotopic (exact) mass is 903 g/mol. The Morgan fingerprint density at radius 2 is 0.380 bits per heavy atom. The van der Waals surface area contributed by atoms with Crippen LogP contribution in [0.4, 0.5) is 0 Å². The molecule has 0 aliphatic rings. The van der Waals surface area contributed by atoms with Gasteiger partial charge in [-0.3, -0.25) is 0 Å². The van der Waals surface area contributed by atoms with Crippen molar-refractivity contribution in [2.75, 3.05) is 0 Å². The lowest BCUT2D eigenvalue weighted by Gasteiger charge is -2.14. The molecule has 0 atom stereocenters. The average molecular weight is 904 g/mol. The fourth-order valence-electron chi connectivity index (χ4n) is 12.3. The average Bonchev–Trinajstić information content (AvgIpc) is 4.21. The molecular weight excluding hydrogens is 863 g/mol. The first-order valence-electron chi connectivity index (χ1n) is 24.4. The second kappa shape index (κ2) is 14.5. The van der Waals surface area contributed by atoms with Gasteiger partial charge in [-0.25, -0.2) is 0 Å². The van der Waals surface area contributed by atoms with Crippen molar-refractivity contribution in [2.24, 2.45) is 0 Å². The van der Waals surface area contributed by atoms with Crippen LogP contribution in [0.1, 0.15) is 0 Å². The third-order valence-corrected chi connectivity index (χ3v) is 15.2. The molecule has 5 aromatic heterocycles. The highest BCUT2D eigenvalue weighted by atomic mass is 15.0. The van der Waals surface area contributed by atoms with E-state index in [1.54, 1.807) is 0 Å². The normalized spacial score (nSPS) is 12.2. The number of hydrogen-bond acceptors (Lipinski definition) is 0. The van der Waals surface area contributed by atoms with Crippen LogP contribution in [-0.2, 0) is 0 Å². The lowest BCUT2D eigenvalue weighted by atomic mass is 10.1. The van der Waals surface area contributed by atoms with Gasteiger partial charge < -0.3 is 22.8 Å². The molecule has 0 amide bonds. The van der Waals surface area contributed by atoms with Crippen LogP contribution in [0.2, 0.25) is 0 Å². The molecule has 16 aromatic rings. The second-order valence-electron chi connectivity index (χ2n) is 18.9. The van der Waals surface area contributed by atoms with Crippen LogP contribution in [0.3, 0.4) is 0 Å². The third-order valence-electron chi connectivity index (χ3n) is 15.2. The lowest BCUT2D eigenvalue weighted by Crippen LogP contribution is -1.99. The van der Waals surface area contributed by atoms with Gasteiger partial charge in [0.2, 0.25) is 0 Å². The maximum Gasteiger partial charge on any atom is 0.0562 e. The van der Waals surface area contributed by atoms with Crippen LogP contribution in [0.5, 0.6) is 0 Å². The Hall–Kier alpha value is -9.58. The number of hydrogen-bond donors (Lipinski definition) is 0. The quantitative estimate of drug-likeness (QED) is 0.164. The van der Waals surface area contributed by atoms with Crippen LogP contribution >= 0.6 is 0 Å². The molecular formula is C66H41N5. The highest BCUT2D eigenvalue weighted by Crippen LogP contribution is 2.43. The van der Waals surface area contributed by atoms with Gasteiger partial charge in [-0.15, -0.1) is 0 Å². The van der Waals surface area contributed by atoms with Gasteiger partial charge in [0.05, 0.1) is 55.2 Å². The molecule has 0 aliphatic heterocycles. The summed E-state index contributed by atoms with van der Waals surface area (Å²) in [6.45, 7) is 0. The molecule has 5 heteroatoms. The van der Waals surface area contributed by atoms with Gasteiger partial charge in [0.1, 0.15) is 0 Å². The smallest absolute Gasteiger partial charge is 0.0562 e. The minimum absolute atomic E-state index is 1.11. The fourth-order valence-corrected chi connectivity index (χ4v) is 12.3. The predicted octanol–water partition coefficient (Wildman–Crippen LogP) is 17.2. The molecule has 0 N–H and O–H groups in total. The summed E-state index contributed by atoms with van der Waals surface area (Å²) in [5.41, 5.74) is 17.5. The molecule has 330 valence electrons. The molecule has 71 heavy (non-hydrogen) atoms. The molecule has 0 bridgehead atoms. The van der Waals surface area contributed by atoms with Gasteiger partial charge in [-0.1, -0.05) is 140 Å². The molecule has 0 saturated heterocycles. The first-order valence-corrected chi connectivity index (χ1v) is 24.4. The van der Waals surface area contributed by atoms with Crippen molar-refractivity contribution in [3.8, 4) is 28.4 Å². The number of benzene rings is 11. The summed E-state index contributed by atoms with van der Waals surface area (Å²) in [6.07, 6.45) is 0. The molecule has 0 radical (unpaired) electrons. The number of aromatic nitrogens is 5. The Labute approximate surface area is 407 Å². The van der Waals surface area contributed by atoms with E-state index in [-0.39, 0.29) is 0 Å². The van der Waals surface area contributed by atoms with Crippen molar-refractivity contribution >= 4 is 109 Å². The van der Waals surface area contributed by atoms with E-state index in [1.807, 2.05) is 0 Å². The van der Waals surface area contributed by atoms with Crippen molar-refractivity contribution in [2.45, 2.75) is 0 Å². The molecule has 0 saturated carbocycles. The van der Waals surface area contributed by atoms with E-state index in [0.29, 0.717) is 0 Å². The van der Waals surface area contributed by atoms with Crippen molar-refractivity contribution in [1.82, 2.24) is 22.8 Å². The van der Waals surface area contributed by atoms with Gasteiger partial charge in [0.25, 0.3) is 0 Å². The SMILES string of the molecule is c1ccc(-n2c3ccccc3c3cc4c5ccccc5n(-c5cccc(-n6c7ccccc7c7cc8c(cc76)c6ccccc6n8-c6cccc(-n7c8ccccc8c8ccccc87)c6)c5)c4cc32)cc1. The van der Waals surface area contributed by atoms with Crippen molar-refractivity contribution in [1.29, 1.82) is 0 Å². The zero-order chi connectivity index (χ0) is 46.3. The summed E-state index contributed by atoms with van der Waals surface area (Å²) in [6, 6.07) is 91.6. The van der Waals surface area contributed by atoms with Crippen LogP contribution < -0.4 is 0 Å². The molecule has 0 aliphatic carbocycles. The number of para-hydroxylation sites is 7. The van der Waals surface area contributed by atoms with E-state index >= 15 is 0 Å². The van der Waals surface area contributed by atoms with E-state index in [0.717, 1.165) is 28.4 Å². The van der Waals surface area contributed by atoms with Crippen molar-refractivity contribution < 1.29 is 0 Å². The molecule has 0 unspecified atom stereocenters. The summed E-state index contributed by atoms with van der Waals surface area (Å²) >= 11 is 0.